The van der Waals surface area contributed by atoms with E-state index in [0.717, 1.165) is 44.6 Å². The largest absolute Gasteiger partial charge is 0.417 e. The number of aliphatic hydroxyl groups is 1. The zero-order chi connectivity index (χ0) is 20.6. The van der Waals surface area contributed by atoms with Gasteiger partial charge in [-0.3, -0.25) is 4.68 Å². The van der Waals surface area contributed by atoms with Crippen molar-refractivity contribution in [2.45, 2.75) is 51.1 Å². The number of hydrogen-bond acceptors (Lipinski definition) is 6. The molecule has 0 amide bonds. The SMILES string of the molecule is CCC(O)Cn1cncn1.FC(F)(F)c1cnc(NC2CCNCC2)c(Cl)c1. The molecule has 0 saturated carbocycles. The van der Waals surface area contributed by atoms with Gasteiger partial charge in [0.25, 0.3) is 0 Å². The Morgan fingerprint density at radius 3 is 2.64 bits per heavy atom. The van der Waals surface area contributed by atoms with E-state index in [1.54, 1.807) is 11.0 Å². The van der Waals surface area contributed by atoms with Crippen molar-refractivity contribution in [2.24, 2.45) is 0 Å². The highest BCUT2D eigenvalue weighted by Gasteiger charge is 2.31. The number of hydrogen-bond donors (Lipinski definition) is 3. The van der Waals surface area contributed by atoms with Crippen molar-refractivity contribution >= 4 is 17.4 Å². The van der Waals surface area contributed by atoms with Crippen molar-refractivity contribution in [1.29, 1.82) is 0 Å². The van der Waals surface area contributed by atoms with Crippen LogP contribution in [-0.4, -0.2) is 50.1 Å². The van der Waals surface area contributed by atoms with E-state index in [-0.39, 0.29) is 17.2 Å². The summed E-state index contributed by atoms with van der Waals surface area (Å²) in [6.45, 7) is 4.24. The van der Waals surface area contributed by atoms with Crippen LogP contribution in [0, 0.1) is 0 Å². The molecule has 28 heavy (non-hydrogen) atoms. The van der Waals surface area contributed by atoms with E-state index >= 15 is 0 Å². The molecule has 1 aliphatic rings. The third-order valence-electron chi connectivity index (χ3n) is 4.18. The van der Waals surface area contributed by atoms with Crippen molar-refractivity contribution in [2.75, 3.05) is 18.4 Å². The van der Waals surface area contributed by atoms with Crippen LogP contribution < -0.4 is 10.6 Å². The smallest absolute Gasteiger partial charge is 0.391 e. The Balaban J connectivity index is 0.000000237. The summed E-state index contributed by atoms with van der Waals surface area (Å²) in [6.07, 6.45) is 1.69. The van der Waals surface area contributed by atoms with Gasteiger partial charge < -0.3 is 15.7 Å². The molecule has 1 aliphatic heterocycles. The molecule has 0 radical (unpaired) electrons. The number of nitrogens with one attached hydrogen (secondary N) is 2. The standard InChI is InChI=1S/C11H13ClF3N3.C6H11N3O/c12-9-5-7(11(13,14)15)6-17-10(9)18-8-1-3-16-4-2-8;1-2-6(10)3-9-5-7-4-8-9/h5-6,8,16H,1-4H2,(H,17,18);4-6,10H,2-3H2,1H3. The summed E-state index contributed by atoms with van der Waals surface area (Å²) in [5.41, 5.74) is -0.830. The lowest BCUT2D eigenvalue weighted by atomic mass is 10.1. The number of halogens is 4. The molecule has 0 spiro atoms. The highest BCUT2D eigenvalue weighted by atomic mass is 35.5. The van der Waals surface area contributed by atoms with Gasteiger partial charge in [-0.25, -0.2) is 9.97 Å². The maximum absolute atomic E-state index is 12.4. The molecule has 2 aromatic rings. The van der Waals surface area contributed by atoms with Gasteiger partial charge in [0.2, 0.25) is 0 Å². The summed E-state index contributed by atoms with van der Waals surface area (Å²) in [6, 6.07) is 1.10. The van der Waals surface area contributed by atoms with Crippen LogP contribution in [0.2, 0.25) is 5.02 Å². The first kappa shape index (κ1) is 22.4. The average Bonchev–Trinajstić information content (AvgIpc) is 3.17. The van der Waals surface area contributed by atoms with Crippen LogP contribution in [-0.2, 0) is 12.7 Å². The predicted molar refractivity (Wildman–Crippen MR) is 100 cm³/mol. The molecule has 1 atom stereocenters. The van der Waals surface area contributed by atoms with E-state index < -0.39 is 11.7 Å². The zero-order valence-corrected chi connectivity index (χ0v) is 16.2. The molecule has 3 heterocycles. The Morgan fingerprint density at radius 2 is 2.11 bits per heavy atom. The number of nitrogens with zero attached hydrogens (tertiary/aromatic N) is 4. The lowest BCUT2D eigenvalue weighted by molar-refractivity contribution is -0.137. The van der Waals surface area contributed by atoms with Gasteiger partial charge >= 0.3 is 6.18 Å². The molecule has 11 heteroatoms. The molecule has 1 saturated heterocycles. The van der Waals surface area contributed by atoms with E-state index in [1.165, 1.54) is 6.33 Å². The van der Waals surface area contributed by atoms with Gasteiger partial charge in [0, 0.05) is 12.2 Å². The molecule has 156 valence electrons. The van der Waals surface area contributed by atoms with Crippen molar-refractivity contribution in [3.63, 3.8) is 0 Å². The molecule has 0 aliphatic carbocycles. The van der Waals surface area contributed by atoms with Gasteiger partial charge in [0.15, 0.2) is 0 Å². The number of aromatic nitrogens is 4. The average molecular weight is 421 g/mol. The fourth-order valence-electron chi connectivity index (χ4n) is 2.53. The summed E-state index contributed by atoms with van der Waals surface area (Å²) in [5.74, 6) is 0.316. The summed E-state index contributed by atoms with van der Waals surface area (Å²) in [7, 11) is 0. The van der Waals surface area contributed by atoms with Crippen LogP contribution in [0.15, 0.2) is 24.9 Å². The number of pyridine rings is 1. The third-order valence-corrected chi connectivity index (χ3v) is 4.47. The zero-order valence-electron chi connectivity index (χ0n) is 15.5. The molecular weight excluding hydrogens is 397 g/mol. The second kappa shape index (κ2) is 10.6. The van der Waals surface area contributed by atoms with Gasteiger partial charge in [-0.1, -0.05) is 18.5 Å². The van der Waals surface area contributed by atoms with Crippen molar-refractivity contribution in [3.8, 4) is 0 Å². The fourth-order valence-corrected chi connectivity index (χ4v) is 2.75. The Morgan fingerprint density at radius 1 is 1.39 bits per heavy atom. The molecule has 3 N–H and O–H groups in total. The highest BCUT2D eigenvalue weighted by Crippen LogP contribution is 2.32. The maximum atomic E-state index is 12.4. The van der Waals surface area contributed by atoms with Crippen LogP contribution in [0.3, 0.4) is 0 Å². The number of alkyl halides is 3. The second-order valence-corrected chi connectivity index (χ2v) is 6.81. The first-order valence-corrected chi connectivity index (χ1v) is 9.37. The summed E-state index contributed by atoms with van der Waals surface area (Å²) < 4.78 is 38.9. The van der Waals surface area contributed by atoms with E-state index in [0.29, 0.717) is 12.4 Å². The maximum Gasteiger partial charge on any atom is 0.417 e. The highest BCUT2D eigenvalue weighted by molar-refractivity contribution is 6.33. The molecule has 3 rings (SSSR count). The first-order valence-electron chi connectivity index (χ1n) is 9.00. The van der Waals surface area contributed by atoms with E-state index in [9.17, 15) is 13.2 Å². The van der Waals surface area contributed by atoms with E-state index in [1.807, 2.05) is 6.92 Å². The quantitative estimate of drug-likeness (QED) is 0.689. The van der Waals surface area contributed by atoms with E-state index in [4.69, 9.17) is 16.7 Å². The number of aliphatic hydroxyl groups excluding tert-OH is 1. The minimum absolute atomic E-state index is 0.00311. The minimum atomic E-state index is -4.41. The Hall–Kier alpha value is -1.91. The van der Waals surface area contributed by atoms with Crippen LogP contribution in [0.5, 0.6) is 0 Å². The lowest BCUT2D eigenvalue weighted by Gasteiger charge is -2.24. The van der Waals surface area contributed by atoms with Gasteiger partial charge in [0.05, 0.1) is 23.2 Å². The Kier molecular flexibility index (Phi) is 8.46. The van der Waals surface area contributed by atoms with Gasteiger partial charge in [-0.05, 0) is 38.4 Å². The Labute approximate surface area is 166 Å². The van der Waals surface area contributed by atoms with Crippen molar-refractivity contribution in [3.05, 3.63) is 35.5 Å². The van der Waals surface area contributed by atoms with Crippen LogP contribution >= 0.6 is 11.6 Å². The molecule has 1 fully saturated rings. The monoisotopic (exact) mass is 420 g/mol. The number of anilines is 1. The number of rotatable bonds is 5. The Bertz CT molecular complexity index is 707. The van der Waals surface area contributed by atoms with Crippen molar-refractivity contribution < 1.29 is 18.3 Å². The molecular formula is C17H24ClF3N6O. The summed E-state index contributed by atoms with van der Waals surface area (Å²) in [5, 5.41) is 19.3. The van der Waals surface area contributed by atoms with Gasteiger partial charge in [-0.15, -0.1) is 0 Å². The topological polar surface area (TPSA) is 87.9 Å². The minimum Gasteiger partial charge on any atom is -0.391 e. The first-order chi connectivity index (χ1) is 13.3. The molecule has 7 nitrogen and oxygen atoms in total. The van der Waals surface area contributed by atoms with Gasteiger partial charge in [-0.2, -0.15) is 18.3 Å². The fraction of sp³-hybridized carbons (Fsp3) is 0.588. The molecule has 2 aromatic heterocycles. The normalized spacial score (nSPS) is 16.2. The van der Waals surface area contributed by atoms with Crippen LogP contribution in [0.25, 0.3) is 0 Å². The molecule has 0 aromatic carbocycles. The number of piperidine rings is 1. The lowest BCUT2D eigenvalue weighted by Crippen LogP contribution is -2.35. The summed E-state index contributed by atoms with van der Waals surface area (Å²) >= 11 is 5.81. The van der Waals surface area contributed by atoms with Crippen LogP contribution in [0.4, 0.5) is 19.0 Å². The van der Waals surface area contributed by atoms with E-state index in [2.05, 4.69) is 25.7 Å². The third kappa shape index (κ3) is 7.25. The predicted octanol–water partition coefficient (Wildman–Crippen LogP) is 2.97. The second-order valence-electron chi connectivity index (χ2n) is 6.40. The van der Waals surface area contributed by atoms with Crippen molar-refractivity contribution in [1.82, 2.24) is 25.1 Å². The molecule has 1 unspecified atom stereocenters. The molecule has 0 bridgehead atoms. The summed E-state index contributed by atoms with van der Waals surface area (Å²) in [4.78, 5) is 7.51. The van der Waals surface area contributed by atoms with Crippen LogP contribution in [0.1, 0.15) is 31.7 Å². The van der Waals surface area contributed by atoms with Gasteiger partial charge in [0.1, 0.15) is 18.5 Å².